The topological polar surface area (TPSA) is 119 Å². The highest BCUT2D eigenvalue weighted by molar-refractivity contribution is 7.13. The number of nitrogens with one attached hydrogen (secondary N) is 3. The number of fused-ring (bicyclic) bond motifs is 1. The van der Waals surface area contributed by atoms with E-state index in [1.54, 1.807) is 38.4 Å². The van der Waals surface area contributed by atoms with Gasteiger partial charge in [-0.2, -0.15) is 0 Å². The van der Waals surface area contributed by atoms with Crippen LogP contribution in [0.3, 0.4) is 0 Å². The lowest BCUT2D eigenvalue weighted by molar-refractivity contribution is -0.130. The van der Waals surface area contributed by atoms with Crippen molar-refractivity contribution in [3.05, 3.63) is 44.9 Å². The number of carbonyl (C=O) groups is 3. The van der Waals surface area contributed by atoms with Crippen molar-refractivity contribution in [1.82, 2.24) is 25.4 Å². The van der Waals surface area contributed by atoms with E-state index >= 15 is 0 Å². The van der Waals surface area contributed by atoms with E-state index < -0.39 is 17.9 Å². The van der Waals surface area contributed by atoms with Gasteiger partial charge in [0.2, 0.25) is 5.91 Å². The first-order valence-electron chi connectivity index (χ1n) is 11.2. The monoisotopic (exact) mass is 519 g/mol. The maximum Gasteiger partial charge on any atom is 0.290 e. The van der Waals surface area contributed by atoms with Crippen LogP contribution in [-0.2, 0) is 22.6 Å². The first-order chi connectivity index (χ1) is 16.7. The quantitative estimate of drug-likeness (QED) is 0.378. The predicted molar refractivity (Wildman–Crippen MR) is 138 cm³/mol. The number of thiazole rings is 1. The molecule has 1 atom stereocenters. The molecular weight excluding hydrogens is 490 g/mol. The van der Waals surface area contributed by atoms with Gasteiger partial charge < -0.3 is 25.8 Å². The number of nitrogens with zero attached hydrogens (tertiary/aromatic N) is 4. The van der Waals surface area contributed by atoms with Crippen LogP contribution in [0.25, 0.3) is 0 Å². The van der Waals surface area contributed by atoms with Gasteiger partial charge in [0.05, 0.1) is 12.2 Å². The van der Waals surface area contributed by atoms with Crippen molar-refractivity contribution in [1.29, 1.82) is 0 Å². The number of hydrogen-bond acceptors (Lipinski definition) is 7. The number of halogens is 1. The molecule has 0 bridgehead atoms. The SMILES string of the molecule is CCNC(=NCC(NC(=O)c1nc2c(s1)CN(C)CC2)C(=O)N(C)C)C(=O)Nc1ccc(Cl)cc1. The number of aromatic nitrogens is 1. The summed E-state index contributed by atoms with van der Waals surface area (Å²) in [6.07, 6.45) is 0.786. The van der Waals surface area contributed by atoms with Crippen LogP contribution < -0.4 is 16.0 Å². The lowest BCUT2D eigenvalue weighted by Crippen LogP contribution is -2.48. The van der Waals surface area contributed by atoms with Gasteiger partial charge in [0.25, 0.3) is 11.8 Å². The van der Waals surface area contributed by atoms with Gasteiger partial charge in [-0.3, -0.25) is 19.4 Å². The molecule has 3 N–H and O–H groups in total. The minimum atomic E-state index is -0.960. The van der Waals surface area contributed by atoms with Crippen LogP contribution >= 0.6 is 22.9 Å². The van der Waals surface area contributed by atoms with Crippen molar-refractivity contribution >= 4 is 52.2 Å². The Morgan fingerprint density at radius 2 is 1.97 bits per heavy atom. The number of rotatable bonds is 7. The Labute approximate surface area is 213 Å². The Kier molecular flexibility index (Phi) is 9.19. The fraction of sp³-hybridized carbons (Fsp3) is 0.435. The molecule has 3 amide bonds. The summed E-state index contributed by atoms with van der Waals surface area (Å²) in [4.78, 5) is 51.9. The second-order valence-electron chi connectivity index (χ2n) is 8.32. The minimum absolute atomic E-state index is 0.0565. The van der Waals surface area contributed by atoms with Crippen LogP contribution in [0.5, 0.6) is 0 Å². The number of carbonyl (C=O) groups excluding carboxylic acids is 3. The van der Waals surface area contributed by atoms with Crippen molar-refractivity contribution < 1.29 is 14.4 Å². The summed E-state index contributed by atoms with van der Waals surface area (Å²) < 4.78 is 0. The van der Waals surface area contributed by atoms with E-state index in [2.05, 4.69) is 30.8 Å². The molecule has 1 aliphatic rings. The molecule has 188 valence electrons. The number of amidine groups is 1. The number of anilines is 1. The summed E-state index contributed by atoms with van der Waals surface area (Å²) in [7, 11) is 5.22. The average Bonchev–Trinajstić information content (AvgIpc) is 3.25. The van der Waals surface area contributed by atoms with Crippen LogP contribution in [0, 0.1) is 0 Å². The lowest BCUT2D eigenvalue weighted by atomic mass is 10.2. The maximum absolute atomic E-state index is 13.0. The fourth-order valence-electron chi connectivity index (χ4n) is 3.42. The van der Waals surface area contributed by atoms with Crippen LogP contribution in [0.1, 0.15) is 27.3 Å². The molecule has 35 heavy (non-hydrogen) atoms. The first-order valence-corrected chi connectivity index (χ1v) is 12.4. The van der Waals surface area contributed by atoms with Crippen molar-refractivity contribution in [2.75, 3.05) is 46.1 Å². The van der Waals surface area contributed by atoms with E-state index in [-0.39, 0.29) is 18.3 Å². The molecule has 0 spiro atoms. The predicted octanol–water partition coefficient (Wildman–Crippen LogP) is 1.62. The first kappa shape index (κ1) is 26.6. The second kappa shape index (κ2) is 12.1. The van der Waals surface area contributed by atoms with Crippen LogP contribution in [0.2, 0.25) is 5.02 Å². The van der Waals surface area contributed by atoms with E-state index in [0.29, 0.717) is 22.3 Å². The van der Waals surface area contributed by atoms with E-state index in [1.807, 2.05) is 14.0 Å². The Balaban J connectivity index is 1.74. The molecule has 1 aromatic heterocycles. The molecule has 0 saturated carbocycles. The summed E-state index contributed by atoms with van der Waals surface area (Å²) in [6.45, 7) is 3.80. The summed E-state index contributed by atoms with van der Waals surface area (Å²) >= 11 is 7.23. The Bertz CT molecular complexity index is 1100. The normalized spacial score (nSPS) is 14.6. The van der Waals surface area contributed by atoms with Gasteiger partial charge in [0.1, 0.15) is 6.04 Å². The maximum atomic E-state index is 13.0. The van der Waals surface area contributed by atoms with Gasteiger partial charge in [-0.05, 0) is 38.2 Å². The fourth-order valence-corrected chi connectivity index (χ4v) is 4.64. The van der Waals surface area contributed by atoms with Crippen LogP contribution in [-0.4, -0.2) is 85.2 Å². The molecule has 10 nitrogen and oxygen atoms in total. The van der Waals surface area contributed by atoms with Gasteiger partial charge in [0, 0.05) is 55.7 Å². The summed E-state index contributed by atoms with van der Waals surface area (Å²) in [5.74, 6) is -1.18. The third kappa shape index (κ3) is 7.23. The van der Waals surface area contributed by atoms with Gasteiger partial charge in [-0.25, -0.2) is 4.98 Å². The van der Waals surface area contributed by atoms with Crippen LogP contribution in [0.15, 0.2) is 29.3 Å². The highest BCUT2D eigenvalue weighted by Gasteiger charge is 2.27. The number of amides is 3. The summed E-state index contributed by atoms with van der Waals surface area (Å²) in [6, 6.07) is 5.72. The highest BCUT2D eigenvalue weighted by atomic mass is 35.5. The van der Waals surface area contributed by atoms with Gasteiger partial charge in [-0.1, -0.05) is 11.6 Å². The van der Waals surface area contributed by atoms with Gasteiger partial charge >= 0.3 is 0 Å². The Hall–Kier alpha value is -3.02. The smallest absolute Gasteiger partial charge is 0.290 e. The zero-order chi connectivity index (χ0) is 25.5. The molecule has 12 heteroatoms. The molecule has 0 radical (unpaired) electrons. The summed E-state index contributed by atoms with van der Waals surface area (Å²) in [5, 5.41) is 9.28. The second-order valence-corrected chi connectivity index (χ2v) is 9.84. The molecule has 2 aromatic rings. The number of aliphatic imine (C=N–C) groups is 1. The number of likely N-dealkylation sites (N-methyl/N-ethyl adjacent to an activating group) is 3. The average molecular weight is 520 g/mol. The molecule has 1 unspecified atom stereocenters. The zero-order valence-electron chi connectivity index (χ0n) is 20.2. The third-order valence-electron chi connectivity index (χ3n) is 5.25. The van der Waals surface area contributed by atoms with Crippen molar-refractivity contribution in [3.63, 3.8) is 0 Å². The van der Waals surface area contributed by atoms with Crippen molar-refractivity contribution in [2.24, 2.45) is 4.99 Å². The molecular formula is C23H30ClN7O3S. The van der Waals surface area contributed by atoms with E-state index in [1.165, 1.54) is 16.2 Å². The van der Waals surface area contributed by atoms with E-state index in [0.717, 1.165) is 30.1 Å². The molecule has 2 heterocycles. The molecule has 1 aromatic carbocycles. The van der Waals surface area contributed by atoms with Gasteiger partial charge in [-0.15, -0.1) is 11.3 Å². The van der Waals surface area contributed by atoms with E-state index in [9.17, 15) is 14.4 Å². The highest BCUT2D eigenvalue weighted by Crippen LogP contribution is 2.24. The lowest BCUT2D eigenvalue weighted by Gasteiger charge is -2.20. The number of benzene rings is 1. The molecule has 0 saturated heterocycles. The third-order valence-corrected chi connectivity index (χ3v) is 6.59. The van der Waals surface area contributed by atoms with Crippen molar-refractivity contribution in [2.45, 2.75) is 25.9 Å². The standard InChI is InChI=1S/C23H30ClN7O3S/c1-5-25-19(20(32)27-15-8-6-14(24)7-9-15)26-12-17(23(34)30(2)3)28-21(33)22-29-16-10-11-31(4)13-18(16)35-22/h6-9,17H,5,10-13H2,1-4H3,(H,25,26)(H,27,32)(H,28,33). The Morgan fingerprint density at radius 3 is 2.63 bits per heavy atom. The van der Waals surface area contributed by atoms with Crippen molar-refractivity contribution in [3.8, 4) is 0 Å². The zero-order valence-corrected chi connectivity index (χ0v) is 21.8. The molecule has 3 rings (SSSR count). The summed E-state index contributed by atoms with van der Waals surface area (Å²) in [5.41, 5.74) is 1.48. The number of hydrogen-bond donors (Lipinski definition) is 3. The van der Waals surface area contributed by atoms with Crippen LogP contribution in [0.4, 0.5) is 5.69 Å². The molecule has 1 aliphatic heterocycles. The Morgan fingerprint density at radius 1 is 1.26 bits per heavy atom. The molecule has 0 aliphatic carbocycles. The van der Waals surface area contributed by atoms with Gasteiger partial charge in [0.15, 0.2) is 10.8 Å². The largest absolute Gasteiger partial charge is 0.366 e. The molecule has 0 fully saturated rings. The van der Waals surface area contributed by atoms with E-state index in [4.69, 9.17) is 11.6 Å². The minimum Gasteiger partial charge on any atom is -0.366 e.